The van der Waals surface area contributed by atoms with E-state index in [2.05, 4.69) is 4.74 Å². The lowest BCUT2D eigenvalue weighted by Crippen LogP contribution is -2.52. The first kappa shape index (κ1) is 25.2. The molecule has 2 atom stereocenters. The van der Waals surface area contributed by atoms with E-state index in [1.165, 1.54) is 24.3 Å². The van der Waals surface area contributed by atoms with Crippen molar-refractivity contribution in [2.45, 2.75) is 50.0 Å². The molecule has 1 N–H and O–H groups in total. The van der Waals surface area contributed by atoms with Crippen LogP contribution < -0.4 is 4.13 Å². The zero-order valence-corrected chi connectivity index (χ0v) is 17.0. The van der Waals surface area contributed by atoms with Gasteiger partial charge in [0, 0.05) is 0 Å². The van der Waals surface area contributed by atoms with E-state index in [0.29, 0.717) is 6.92 Å². The summed E-state index contributed by atoms with van der Waals surface area (Å²) in [4.78, 5) is 12.0. The van der Waals surface area contributed by atoms with Gasteiger partial charge in [0.2, 0.25) is 0 Å². The van der Waals surface area contributed by atoms with Gasteiger partial charge in [-0.15, -0.1) is 0 Å². The maximum absolute atomic E-state index is 14.0. The zero-order valence-electron chi connectivity index (χ0n) is 15.3. The number of hydrogen-bond donors (Lipinski definition) is 1. The minimum atomic E-state index is -6.63. The molecule has 0 aliphatic heterocycles. The van der Waals surface area contributed by atoms with E-state index >= 15 is 0 Å². The molecule has 0 saturated heterocycles. The highest BCUT2D eigenvalue weighted by Gasteiger charge is 2.58. The molecule has 0 amide bonds. The van der Waals surface area contributed by atoms with Crippen molar-refractivity contribution in [2.75, 3.05) is 0 Å². The lowest BCUT2D eigenvalue weighted by molar-refractivity contribution is -0.0524. The van der Waals surface area contributed by atoms with Crippen LogP contribution in [0.25, 0.3) is 0 Å². The van der Waals surface area contributed by atoms with Gasteiger partial charge in [0.15, 0.2) is 6.10 Å². The molecule has 0 spiro atoms. The van der Waals surface area contributed by atoms with Crippen LogP contribution in [0.2, 0.25) is 0 Å². The first-order chi connectivity index (χ1) is 13.0. The molecule has 2 unspecified atom stereocenters. The topological polar surface area (TPSA) is 107 Å². The molecule has 0 aliphatic carbocycles. The van der Waals surface area contributed by atoms with Crippen LogP contribution in [-0.2, 0) is 24.8 Å². The van der Waals surface area contributed by atoms with Crippen molar-refractivity contribution in [3.63, 3.8) is 0 Å². The summed E-state index contributed by atoms with van der Waals surface area (Å²) >= 11 is 0. The van der Waals surface area contributed by atoms with Gasteiger partial charge in [0.25, 0.3) is 10.0 Å². The summed E-state index contributed by atoms with van der Waals surface area (Å²) in [6, 6.07) is 5.55. The minimum Gasteiger partial charge on any atom is -0.451 e. The molecule has 0 radical (unpaired) electrons. The van der Waals surface area contributed by atoms with Crippen molar-refractivity contribution >= 4 is 26.0 Å². The first-order valence-electron chi connectivity index (χ1n) is 7.99. The number of benzene rings is 1. The molecule has 0 aromatic heterocycles. The van der Waals surface area contributed by atoms with Crippen LogP contribution in [0.1, 0.15) is 49.0 Å². The molecule has 0 aliphatic rings. The number of carbonyl (C=O) groups is 1. The average molecular weight is 467 g/mol. The van der Waals surface area contributed by atoms with Crippen molar-refractivity contribution in [2.24, 2.45) is 0 Å². The Morgan fingerprint density at radius 3 is 1.90 bits per heavy atom. The van der Waals surface area contributed by atoms with Crippen LogP contribution in [0.4, 0.5) is 22.0 Å². The van der Waals surface area contributed by atoms with Gasteiger partial charge in [-0.25, -0.2) is 21.6 Å². The molecule has 0 bridgehead atoms. The van der Waals surface area contributed by atoms with Gasteiger partial charge in [-0.3, -0.25) is 0 Å². The summed E-state index contributed by atoms with van der Waals surface area (Å²) in [5.74, 6) is -1.23. The molecule has 7 nitrogen and oxygen atoms in total. The van der Waals surface area contributed by atoms with Gasteiger partial charge < -0.3 is 4.74 Å². The van der Waals surface area contributed by atoms with Crippen molar-refractivity contribution in [3.8, 4) is 0 Å². The first-order valence-corrected chi connectivity index (χ1v) is 11.0. The summed E-state index contributed by atoms with van der Waals surface area (Å²) in [7, 11) is -13.0. The van der Waals surface area contributed by atoms with Crippen molar-refractivity contribution in [1.82, 2.24) is 4.13 Å². The number of sulfonamides is 2. The zero-order chi connectivity index (χ0) is 22.8. The number of rotatable bonds is 8. The smallest absolute Gasteiger partial charge is 0.451 e. The van der Waals surface area contributed by atoms with Gasteiger partial charge in [-0.1, -0.05) is 30.1 Å². The van der Waals surface area contributed by atoms with E-state index in [1.54, 1.807) is 0 Å². The van der Waals surface area contributed by atoms with E-state index in [1.807, 2.05) is 13.8 Å². The fourth-order valence-electron chi connectivity index (χ4n) is 1.95. The maximum Gasteiger partial charge on any atom is 0.512 e. The van der Waals surface area contributed by atoms with Crippen molar-refractivity contribution in [3.05, 3.63) is 35.4 Å². The number of esters is 1. The minimum absolute atomic E-state index is 0.0887. The molecule has 1 rings (SSSR count). The number of alkyl halides is 5. The van der Waals surface area contributed by atoms with Crippen LogP contribution in [0.15, 0.2) is 24.3 Å². The Bertz CT molecular complexity index is 942. The molecule has 1 aromatic rings. The van der Waals surface area contributed by atoms with Crippen molar-refractivity contribution < 1.29 is 48.3 Å². The van der Waals surface area contributed by atoms with E-state index in [0.717, 1.165) is 12.0 Å². The maximum atomic E-state index is 14.0. The van der Waals surface area contributed by atoms with E-state index < -0.39 is 42.9 Å². The van der Waals surface area contributed by atoms with Crippen molar-refractivity contribution in [1.29, 1.82) is 0 Å². The molecule has 166 valence electrons. The third kappa shape index (κ3) is 5.63. The largest absolute Gasteiger partial charge is 0.512 e. The lowest BCUT2D eigenvalue weighted by Gasteiger charge is -2.24. The third-order valence-electron chi connectivity index (χ3n) is 3.97. The van der Waals surface area contributed by atoms with Gasteiger partial charge in [0.05, 0.1) is 5.56 Å². The quantitative estimate of drug-likeness (QED) is 0.465. The predicted molar refractivity (Wildman–Crippen MR) is 92.0 cm³/mol. The Balaban J connectivity index is 3.01. The summed E-state index contributed by atoms with van der Waals surface area (Å²) < 4.78 is 114. The molecule has 1 aromatic carbocycles. The second-order valence-corrected chi connectivity index (χ2v) is 9.76. The van der Waals surface area contributed by atoms with Crippen LogP contribution in [-0.4, -0.2) is 39.7 Å². The van der Waals surface area contributed by atoms with Crippen LogP contribution in [0.3, 0.4) is 0 Å². The summed E-state index contributed by atoms with van der Waals surface area (Å²) in [6.45, 7) is 4.22. The van der Waals surface area contributed by atoms with Gasteiger partial charge in [-0.05, 0) is 37.0 Å². The molecule has 0 fully saturated rings. The number of nitrogens with one attached hydrogen (secondary N) is 1. The Morgan fingerprint density at radius 2 is 1.48 bits per heavy atom. The van der Waals surface area contributed by atoms with Gasteiger partial charge in [0.1, 0.15) is 0 Å². The molecular formula is C15H18F5NO6S2. The Kier molecular flexibility index (Phi) is 7.41. The Hall–Kier alpha value is -1.80. The molecule has 14 heteroatoms. The van der Waals surface area contributed by atoms with Crippen LogP contribution in [0, 0.1) is 0 Å². The highest BCUT2D eigenvalue weighted by atomic mass is 32.3. The number of ether oxygens (including phenoxy) is 1. The standard InChI is InChI=1S/C15H18F5NO6S2/c1-4-9(2)11-5-7-12(8-6-11)13(22)27-10(3)14(16,17)28(23,24)21-29(25,26)15(18,19)20/h5-10,21H,4H2,1-3H3. The van der Waals surface area contributed by atoms with Gasteiger partial charge in [-0.2, -0.15) is 22.0 Å². The second-order valence-electron chi connectivity index (χ2n) is 6.08. The van der Waals surface area contributed by atoms with Crippen LogP contribution >= 0.6 is 0 Å². The predicted octanol–water partition coefficient (Wildman–Crippen LogP) is 3.11. The second kappa shape index (κ2) is 8.52. The number of halogens is 5. The summed E-state index contributed by atoms with van der Waals surface area (Å²) in [5, 5.41) is -5.18. The van der Waals surface area contributed by atoms with Gasteiger partial charge >= 0.3 is 26.8 Å². The SMILES string of the molecule is CCC(C)c1ccc(C(=O)OC(C)C(F)(F)S(=O)(=O)NS(=O)(=O)C(F)(F)F)cc1. The number of hydrogen-bond acceptors (Lipinski definition) is 6. The monoisotopic (exact) mass is 467 g/mol. The average Bonchev–Trinajstić information content (AvgIpc) is 2.58. The third-order valence-corrected chi connectivity index (χ3v) is 7.38. The van der Waals surface area contributed by atoms with E-state index in [9.17, 15) is 43.6 Å². The fraction of sp³-hybridized carbons (Fsp3) is 0.533. The normalized spacial score (nSPS) is 15.6. The highest BCUT2D eigenvalue weighted by molar-refractivity contribution is 8.05. The molecule has 0 heterocycles. The lowest BCUT2D eigenvalue weighted by atomic mass is 9.98. The molecule has 0 saturated carbocycles. The molecular weight excluding hydrogens is 449 g/mol. The Labute approximate surface area is 164 Å². The van der Waals surface area contributed by atoms with E-state index in [-0.39, 0.29) is 15.6 Å². The Morgan fingerprint density at radius 1 is 1.00 bits per heavy atom. The highest BCUT2D eigenvalue weighted by Crippen LogP contribution is 2.31. The number of carbonyl (C=O) groups excluding carboxylic acids is 1. The summed E-state index contributed by atoms with van der Waals surface area (Å²) in [5.41, 5.74) is -5.52. The summed E-state index contributed by atoms with van der Waals surface area (Å²) in [6.07, 6.45) is -2.01. The molecule has 29 heavy (non-hydrogen) atoms. The van der Waals surface area contributed by atoms with Crippen LogP contribution in [0.5, 0.6) is 0 Å². The van der Waals surface area contributed by atoms with E-state index in [4.69, 9.17) is 0 Å². The fourth-order valence-corrected chi connectivity index (χ4v) is 4.41.